The first-order valence-corrected chi connectivity index (χ1v) is 9.04. The van der Waals surface area contributed by atoms with Crippen molar-refractivity contribution in [2.75, 3.05) is 18.6 Å². The molecule has 3 rings (SSSR count). The second kappa shape index (κ2) is 7.43. The van der Waals surface area contributed by atoms with Crippen molar-refractivity contribution in [1.29, 1.82) is 0 Å². The number of hydrogen-bond donors (Lipinski definition) is 0. The van der Waals surface area contributed by atoms with Crippen LogP contribution in [0.3, 0.4) is 0 Å². The van der Waals surface area contributed by atoms with Gasteiger partial charge >= 0.3 is 5.97 Å². The summed E-state index contributed by atoms with van der Waals surface area (Å²) >= 11 is 0. The Bertz CT molecular complexity index is 819. The molecule has 1 saturated heterocycles. The highest BCUT2D eigenvalue weighted by atomic mass is 16.5. The van der Waals surface area contributed by atoms with Crippen molar-refractivity contribution in [3.8, 4) is 11.5 Å². The lowest BCUT2D eigenvalue weighted by Gasteiger charge is -2.19. The Morgan fingerprint density at radius 2 is 1.59 bits per heavy atom. The number of rotatable bonds is 4. The minimum atomic E-state index is -0.470. The van der Waals surface area contributed by atoms with Crippen LogP contribution in [0.25, 0.3) is 0 Å². The average molecular weight is 367 g/mol. The Hall–Kier alpha value is -2.82. The Labute approximate surface area is 159 Å². The maximum Gasteiger partial charge on any atom is 0.316 e. The molecule has 1 atom stereocenters. The third-order valence-electron chi connectivity index (χ3n) is 4.78. The predicted molar refractivity (Wildman–Crippen MR) is 104 cm³/mol. The summed E-state index contributed by atoms with van der Waals surface area (Å²) in [6, 6.07) is 14.8. The van der Waals surface area contributed by atoms with E-state index in [9.17, 15) is 9.59 Å². The van der Waals surface area contributed by atoms with Gasteiger partial charge in [0.2, 0.25) is 5.91 Å². The molecule has 1 amide bonds. The number of carbonyl (C=O) groups excluding carboxylic acids is 2. The molecule has 0 bridgehead atoms. The molecule has 142 valence electrons. The van der Waals surface area contributed by atoms with Crippen molar-refractivity contribution >= 4 is 17.6 Å². The lowest BCUT2D eigenvalue weighted by Crippen LogP contribution is -2.27. The van der Waals surface area contributed by atoms with Crippen LogP contribution in [0, 0.1) is 5.92 Å². The fraction of sp³-hybridized carbons (Fsp3) is 0.364. The third-order valence-corrected chi connectivity index (χ3v) is 4.78. The van der Waals surface area contributed by atoms with Crippen molar-refractivity contribution in [3.05, 3.63) is 54.1 Å². The van der Waals surface area contributed by atoms with E-state index < -0.39 is 5.92 Å². The van der Waals surface area contributed by atoms with Crippen LogP contribution in [-0.4, -0.2) is 25.5 Å². The number of ether oxygens (including phenoxy) is 2. The molecule has 0 spiro atoms. The molecule has 1 fully saturated rings. The van der Waals surface area contributed by atoms with E-state index in [2.05, 4.69) is 20.8 Å². The Kier molecular flexibility index (Phi) is 5.22. The minimum absolute atomic E-state index is 0.0409. The van der Waals surface area contributed by atoms with E-state index >= 15 is 0 Å². The lowest BCUT2D eigenvalue weighted by atomic mass is 9.87. The van der Waals surface area contributed by atoms with Crippen molar-refractivity contribution in [1.82, 2.24) is 0 Å². The molecule has 1 heterocycles. The van der Waals surface area contributed by atoms with E-state index in [0.717, 1.165) is 11.4 Å². The van der Waals surface area contributed by atoms with Gasteiger partial charge in [0.25, 0.3) is 0 Å². The molecule has 1 aliphatic heterocycles. The van der Waals surface area contributed by atoms with Gasteiger partial charge in [0, 0.05) is 18.7 Å². The number of anilines is 1. The Morgan fingerprint density at radius 1 is 1.00 bits per heavy atom. The smallest absolute Gasteiger partial charge is 0.316 e. The fourth-order valence-electron chi connectivity index (χ4n) is 3.10. The third kappa shape index (κ3) is 4.30. The normalized spacial score (nSPS) is 17.1. The van der Waals surface area contributed by atoms with E-state index in [4.69, 9.17) is 9.47 Å². The average Bonchev–Trinajstić information content (AvgIpc) is 3.03. The molecular formula is C22H25NO4. The van der Waals surface area contributed by atoms with Crippen LogP contribution in [0.4, 0.5) is 5.69 Å². The highest BCUT2D eigenvalue weighted by molar-refractivity contribution is 5.99. The summed E-state index contributed by atoms with van der Waals surface area (Å²) in [6.07, 6.45) is 0.158. The van der Waals surface area contributed by atoms with Gasteiger partial charge in [-0.3, -0.25) is 9.59 Å². The minimum Gasteiger partial charge on any atom is -0.497 e. The zero-order valence-corrected chi connectivity index (χ0v) is 16.2. The molecule has 0 aliphatic carbocycles. The second-order valence-corrected chi connectivity index (χ2v) is 7.80. The van der Waals surface area contributed by atoms with Crippen molar-refractivity contribution in [2.45, 2.75) is 32.6 Å². The summed E-state index contributed by atoms with van der Waals surface area (Å²) in [4.78, 5) is 26.5. The number of benzene rings is 2. The van der Waals surface area contributed by atoms with Gasteiger partial charge in [0.15, 0.2) is 0 Å². The summed E-state index contributed by atoms with van der Waals surface area (Å²) in [5.41, 5.74) is 1.97. The Balaban J connectivity index is 1.65. The van der Waals surface area contributed by atoms with Gasteiger partial charge in [0.05, 0.1) is 13.0 Å². The van der Waals surface area contributed by atoms with Crippen molar-refractivity contribution < 1.29 is 19.1 Å². The van der Waals surface area contributed by atoms with E-state index in [1.807, 2.05) is 24.3 Å². The van der Waals surface area contributed by atoms with Gasteiger partial charge in [-0.05, 0) is 47.4 Å². The number of nitrogens with zero attached hydrogens (tertiary/aromatic N) is 1. The van der Waals surface area contributed by atoms with Gasteiger partial charge in [-0.2, -0.15) is 0 Å². The number of carbonyl (C=O) groups is 2. The van der Waals surface area contributed by atoms with Crippen LogP contribution in [0.15, 0.2) is 48.5 Å². The first kappa shape index (κ1) is 19.0. The van der Waals surface area contributed by atoms with Crippen LogP contribution in [0.5, 0.6) is 11.5 Å². The molecule has 2 aromatic rings. The predicted octanol–water partition coefficient (Wildman–Crippen LogP) is 3.95. The van der Waals surface area contributed by atoms with E-state index in [1.54, 1.807) is 36.3 Å². The van der Waals surface area contributed by atoms with E-state index in [-0.39, 0.29) is 23.7 Å². The van der Waals surface area contributed by atoms with Crippen molar-refractivity contribution in [2.24, 2.45) is 5.92 Å². The molecule has 5 nitrogen and oxygen atoms in total. The van der Waals surface area contributed by atoms with Crippen LogP contribution in [0.2, 0.25) is 0 Å². The number of methoxy groups -OCH3 is 1. The molecule has 0 saturated carbocycles. The molecule has 1 aliphatic rings. The largest absolute Gasteiger partial charge is 0.497 e. The van der Waals surface area contributed by atoms with Crippen LogP contribution < -0.4 is 14.4 Å². The summed E-state index contributed by atoms with van der Waals surface area (Å²) in [5.74, 6) is 0.304. The molecule has 5 heteroatoms. The molecular weight excluding hydrogens is 342 g/mol. The summed E-state index contributed by atoms with van der Waals surface area (Å²) in [7, 11) is 1.59. The highest BCUT2D eigenvalue weighted by Gasteiger charge is 2.36. The zero-order chi connectivity index (χ0) is 19.6. The highest BCUT2D eigenvalue weighted by Crippen LogP contribution is 2.29. The van der Waals surface area contributed by atoms with Gasteiger partial charge in [-0.1, -0.05) is 32.9 Å². The van der Waals surface area contributed by atoms with Gasteiger partial charge in [0.1, 0.15) is 11.5 Å². The Morgan fingerprint density at radius 3 is 2.15 bits per heavy atom. The van der Waals surface area contributed by atoms with Crippen LogP contribution in [0.1, 0.15) is 32.8 Å². The van der Waals surface area contributed by atoms with Crippen LogP contribution in [-0.2, 0) is 15.0 Å². The van der Waals surface area contributed by atoms with Crippen molar-refractivity contribution in [3.63, 3.8) is 0 Å². The number of amides is 1. The SMILES string of the molecule is COc1ccc(N2C[C@@H](C(=O)Oc3ccc(C(C)(C)C)cc3)CC2=O)cc1. The molecule has 0 unspecified atom stereocenters. The maximum absolute atomic E-state index is 12.5. The standard InChI is InChI=1S/C22H25NO4/c1-22(2,3)16-5-9-19(10-6-16)27-21(25)15-13-20(24)23(14-15)17-7-11-18(26-4)12-8-17/h5-12,15H,13-14H2,1-4H3/t15-/m0/s1. The molecule has 0 N–H and O–H groups in total. The second-order valence-electron chi connectivity index (χ2n) is 7.80. The molecule has 0 radical (unpaired) electrons. The first-order valence-electron chi connectivity index (χ1n) is 9.04. The fourth-order valence-corrected chi connectivity index (χ4v) is 3.10. The van der Waals surface area contributed by atoms with E-state index in [0.29, 0.717) is 12.3 Å². The number of hydrogen-bond acceptors (Lipinski definition) is 4. The van der Waals surface area contributed by atoms with Gasteiger partial charge in [-0.25, -0.2) is 0 Å². The van der Waals surface area contributed by atoms with E-state index in [1.165, 1.54) is 5.56 Å². The maximum atomic E-state index is 12.5. The number of esters is 1. The molecule has 2 aromatic carbocycles. The summed E-state index contributed by atoms with van der Waals surface area (Å²) in [5, 5.41) is 0. The topological polar surface area (TPSA) is 55.8 Å². The molecule has 0 aromatic heterocycles. The molecule has 27 heavy (non-hydrogen) atoms. The summed E-state index contributed by atoms with van der Waals surface area (Å²) in [6.45, 7) is 6.72. The van der Waals surface area contributed by atoms with Crippen LogP contribution >= 0.6 is 0 Å². The zero-order valence-electron chi connectivity index (χ0n) is 16.2. The van der Waals surface area contributed by atoms with Gasteiger partial charge in [-0.15, -0.1) is 0 Å². The summed E-state index contributed by atoms with van der Waals surface area (Å²) < 4.78 is 10.6. The quantitative estimate of drug-likeness (QED) is 0.606. The monoisotopic (exact) mass is 367 g/mol. The first-order chi connectivity index (χ1) is 12.8. The lowest BCUT2D eigenvalue weighted by molar-refractivity contribution is -0.139. The van der Waals surface area contributed by atoms with Gasteiger partial charge < -0.3 is 14.4 Å².